The zero-order chi connectivity index (χ0) is 16.2. The van der Waals surface area contributed by atoms with Gasteiger partial charge in [-0.15, -0.1) is 12.4 Å². The highest BCUT2D eigenvalue weighted by atomic mass is 127. The summed E-state index contributed by atoms with van der Waals surface area (Å²) in [5.41, 5.74) is 2.81. The molecule has 0 aromatic heterocycles. The number of halogens is 2. The second kappa shape index (κ2) is 8.83. The van der Waals surface area contributed by atoms with Crippen LogP contribution in [-0.2, 0) is 6.54 Å². The monoisotopic (exact) mass is 457 g/mol. The number of likely N-dealkylation sites (tertiary alicyclic amines) is 1. The summed E-state index contributed by atoms with van der Waals surface area (Å²) in [4.78, 5) is 13.9. The molecule has 2 aromatic rings. The fraction of sp³-hybridized carbons (Fsp3) is 0.316. The van der Waals surface area contributed by atoms with Crippen LogP contribution in [0.1, 0.15) is 40.2 Å². The number of rotatable bonds is 4. The number of hydrogen-bond donors (Lipinski definition) is 1. The molecule has 1 aliphatic rings. The predicted molar refractivity (Wildman–Crippen MR) is 107 cm³/mol. The molecule has 0 amide bonds. The topological polar surface area (TPSA) is 40.5 Å². The van der Waals surface area contributed by atoms with E-state index in [1.807, 2.05) is 18.2 Å². The van der Waals surface area contributed by atoms with Crippen LogP contribution in [0.3, 0.4) is 0 Å². The normalized spacial score (nSPS) is 15.7. The van der Waals surface area contributed by atoms with E-state index in [1.54, 1.807) is 6.07 Å². The lowest BCUT2D eigenvalue weighted by molar-refractivity contribution is 0.0694. The van der Waals surface area contributed by atoms with Gasteiger partial charge in [0.05, 0.1) is 5.56 Å². The van der Waals surface area contributed by atoms with Crippen molar-refractivity contribution in [2.24, 2.45) is 0 Å². The van der Waals surface area contributed by atoms with Crippen LogP contribution in [0.5, 0.6) is 0 Å². The van der Waals surface area contributed by atoms with Crippen molar-refractivity contribution in [2.45, 2.75) is 25.3 Å². The zero-order valence-corrected chi connectivity index (χ0v) is 16.3. The number of carboxylic acid groups (broad SMARTS) is 1. The smallest absolute Gasteiger partial charge is 0.335 e. The Kier molecular flexibility index (Phi) is 7.07. The molecule has 24 heavy (non-hydrogen) atoms. The average Bonchev–Trinajstić information content (AvgIpc) is 2.56. The van der Waals surface area contributed by atoms with Crippen molar-refractivity contribution in [2.75, 3.05) is 13.1 Å². The van der Waals surface area contributed by atoms with Gasteiger partial charge in [-0.05, 0) is 83.8 Å². The Labute approximate surface area is 162 Å². The number of benzene rings is 2. The molecule has 0 spiro atoms. The van der Waals surface area contributed by atoms with Crippen molar-refractivity contribution in [1.29, 1.82) is 0 Å². The molecular formula is C19H21ClINO2. The third-order valence-electron chi connectivity index (χ3n) is 4.52. The standard InChI is InChI=1S/C19H20INO2.ClH/c20-16-6-7-17(19(22)23)18(12-16)15-8-10-21(11-9-15)13-14-4-2-1-3-5-14;/h1-7,12,15H,8-11,13H2,(H,22,23);1H. The summed E-state index contributed by atoms with van der Waals surface area (Å²) in [6, 6.07) is 16.2. The maximum Gasteiger partial charge on any atom is 0.335 e. The number of carboxylic acids is 1. The summed E-state index contributed by atoms with van der Waals surface area (Å²) in [6.07, 6.45) is 2.04. The van der Waals surface area contributed by atoms with Gasteiger partial charge in [0.2, 0.25) is 0 Å². The van der Waals surface area contributed by atoms with Crippen LogP contribution in [0.15, 0.2) is 48.5 Å². The van der Waals surface area contributed by atoms with Crippen molar-refractivity contribution in [3.05, 3.63) is 68.8 Å². The minimum Gasteiger partial charge on any atom is -0.478 e. The molecule has 2 aromatic carbocycles. The molecule has 128 valence electrons. The largest absolute Gasteiger partial charge is 0.478 e. The Morgan fingerprint density at radius 3 is 2.42 bits per heavy atom. The second-order valence-corrected chi connectivity index (χ2v) is 7.32. The van der Waals surface area contributed by atoms with Crippen LogP contribution in [0.2, 0.25) is 0 Å². The second-order valence-electron chi connectivity index (χ2n) is 6.07. The van der Waals surface area contributed by atoms with Gasteiger partial charge in [0, 0.05) is 10.1 Å². The molecule has 1 saturated heterocycles. The highest BCUT2D eigenvalue weighted by Crippen LogP contribution is 2.32. The van der Waals surface area contributed by atoms with E-state index in [4.69, 9.17) is 0 Å². The molecule has 3 nitrogen and oxygen atoms in total. The molecular weight excluding hydrogens is 437 g/mol. The maximum atomic E-state index is 11.5. The number of hydrogen-bond acceptors (Lipinski definition) is 2. The Balaban J connectivity index is 0.00000208. The Hall–Kier alpha value is -1.11. The van der Waals surface area contributed by atoms with Crippen LogP contribution >= 0.6 is 35.0 Å². The molecule has 1 N–H and O–H groups in total. The van der Waals surface area contributed by atoms with E-state index in [2.05, 4.69) is 51.8 Å². The highest BCUT2D eigenvalue weighted by molar-refractivity contribution is 14.1. The van der Waals surface area contributed by atoms with Crippen LogP contribution in [0.25, 0.3) is 0 Å². The van der Waals surface area contributed by atoms with E-state index in [0.717, 1.165) is 41.6 Å². The minimum absolute atomic E-state index is 0. The summed E-state index contributed by atoms with van der Waals surface area (Å²) < 4.78 is 1.11. The third kappa shape index (κ3) is 4.71. The van der Waals surface area contributed by atoms with Gasteiger partial charge in [-0.2, -0.15) is 0 Å². The van der Waals surface area contributed by atoms with E-state index in [0.29, 0.717) is 11.5 Å². The molecule has 3 rings (SSSR count). The molecule has 0 aliphatic carbocycles. The van der Waals surface area contributed by atoms with Gasteiger partial charge >= 0.3 is 5.97 Å². The van der Waals surface area contributed by atoms with E-state index >= 15 is 0 Å². The van der Waals surface area contributed by atoms with Crippen molar-refractivity contribution in [1.82, 2.24) is 4.90 Å². The van der Waals surface area contributed by atoms with Crippen LogP contribution in [-0.4, -0.2) is 29.1 Å². The van der Waals surface area contributed by atoms with Crippen molar-refractivity contribution >= 4 is 41.0 Å². The first kappa shape index (κ1) is 19.2. The van der Waals surface area contributed by atoms with E-state index < -0.39 is 5.97 Å². The average molecular weight is 458 g/mol. The SMILES string of the molecule is Cl.O=C(O)c1ccc(I)cc1C1CCN(Cc2ccccc2)CC1. The molecule has 0 bridgehead atoms. The Morgan fingerprint density at radius 1 is 1.12 bits per heavy atom. The summed E-state index contributed by atoms with van der Waals surface area (Å²) in [6.45, 7) is 3.01. The lowest BCUT2D eigenvalue weighted by Gasteiger charge is -2.32. The van der Waals surface area contributed by atoms with E-state index in [9.17, 15) is 9.90 Å². The van der Waals surface area contributed by atoms with Crippen molar-refractivity contribution in [3.63, 3.8) is 0 Å². The molecule has 0 unspecified atom stereocenters. The van der Waals surface area contributed by atoms with Gasteiger partial charge in [-0.3, -0.25) is 4.90 Å². The number of carbonyl (C=O) groups is 1. The molecule has 0 radical (unpaired) electrons. The summed E-state index contributed by atoms with van der Waals surface area (Å²) in [5, 5.41) is 9.42. The van der Waals surface area contributed by atoms with Gasteiger partial charge in [0.15, 0.2) is 0 Å². The molecule has 5 heteroatoms. The lowest BCUT2D eigenvalue weighted by atomic mass is 9.86. The van der Waals surface area contributed by atoms with E-state index in [1.165, 1.54) is 5.56 Å². The number of aromatic carboxylic acids is 1. The van der Waals surface area contributed by atoms with Gasteiger partial charge in [0.25, 0.3) is 0 Å². The summed E-state index contributed by atoms with van der Waals surface area (Å²) >= 11 is 2.26. The molecule has 1 aliphatic heterocycles. The fourth-order valence-corrected chi connectivity index (χ4v) is 3.83. The number of nitrogens with zero attached hydrogens (tertiary/aromatic N) is 1. The number of piperidine rings is 1. The fourth-order valence-electron chi connectivity index (χ4n) is 3.31. The molecule has 1 fully saturated rings. The Bertz CT molecular complexity index is 685. The Morgan fingerprint density at radius 2 is 1.79 bits per heavy atom. The van der Waals surface area contributed by atoms with Crippen LogP contribution in [0.4, 0.5) is 0 Å². The van der Waals surface area contributed by atoms with Crippen LogP contribution in [0, 0.1) is 3.57 Å². The first-order chi connectivity index (χ1) is 11.1. The minimum atomic E-state index is -0.817. The third-order valence-corrected chi connectivity index (χ3v) is 5.19. The predicted octanol–water partition coefficient (Wildman–Crippen LogP) is 4.79. The molecule has 1 heterocycles. The van der Waals surface area contributed by atoms with Crippen molar-refractivity contribution in [3.8, 4) is 0 Å². The first-order valence-corrected chi connectivity index (χ1v) is 9.00. The molecule has 0 saturated carbocycles. The van der Waals surface area contributed by atoms with Gasteiger partial charge < -0.3 is 5.11 Å². The quantitative estimate of drug-likeness (QED) is 0.671. The van der Waals surface area contributed by atoms with Crippen molar-refractivity contribution < 1.29 is 9.90 Å². The maximum absolute atomic E-state index is 11.5. The first-order valence-electron chi connectivity index (χ1n) is 7.92. The highest BCUT2D eigenvalue weighted by Gasteiger charge is 2.24. The van der Waals surface area contributed by atoms with Gasteiger partial charge in [-0.25, -0.2) is 4.79 Å². The zero-order valence-electron chi connectivity index (χ0n) is 13.3. The summed E-state index contributed by atoms with van der Waals surface area (Å²) in [5.74, 6) is -0.467. The lowest BCUT2D eigenvalue weighted by Crippen LogP contribution is -2.32. The van der Waals surface area contributed by atoms with Gasteiger partial charge in [-0.1, -0.05) is 30.3 Å². The van der Waals surface area contributed by atoms with Gasteiger partial charge in [0.1, 0.15) is 0 Å². The van der Waals surface area contributed by atoms with E-state index in [-0.39, 0.29) is 12.4 Å². The molecule has 0 atom stereocenters. The van der Waals surface area contributed by atoms with Crippen LogP contribution < -0.4 is 0 Å². The summed E-state index contributed by atoms with van der Waals surface area (Å²) in [7, 11) is 0.